The van der Waals surface area contributed by atoms with E-state index in [0.29, 0.717) is 13.1 Å². The second-order valence-electron chi connectivity index (χ2n) is 4.81. The van der Waals surface area contributed by atoms with Crippen molar-refractivity contribution >= 4 is 33.3 Å². The molecule has 0 fully saturated rings. The van der Waals surface area contributed by atoms with Gasteiger partial charge in [0.05, 0.1) is 5.39 Å². The molecule has 0 aliphatic heterocycles. The van der Waals surface area contributed by atoms with Crippen LogP contribution in [0.5, 0.6) is 0 Å². The van der Waals surface area contributed by atoms with Gasteiger partial charge in [-0.15, -0.1) is 11.3 Å². The molecule has 2 N–H and O–H groups in total. The fourth-order valence-corrected chi connectivity index (χ4v) is 2.85. The summed E-state index contributed by atoms with van der Waals surface area (Å²) in [5, 5.41) is 8.88. The molecule has 0 aliphatic carbocycles. The first-order valence-electron chi connectivity index (χ1n) is 7.08. The molecule has 7 nitrogen and oxygen atoms in total. The Hall–Kier alpha value is -2.74. The summed E-state index contributed by atoms with van der Waals surface area (Å²) in [7, 11) is 0. The predicted octanol–water partition coefficient (Wildman–Crippen LogP) is 1.08. The van der Waals surface area contributed by atoms with Gasteiger partial charge in [-0.25, -0.2) is 9.97 Å². The van der Waals surface area contributed by atoms with Crippen molar-refractivity contribution in [1.29, 1.82) is 0 Å². The minimum absolute atomic E-state index is 0.0158. The highest BCUT2D eigenvalue weighted by molar-refractivity contribution is 7.16. The van der Waals surface area contributed by atoms with Gasteiger partial charge >= 0.3 is 0 Å². The molecule has 0 unspecified atom stereocenters. The standard InChI is InChI=1S/C15H15N5O2S/c21-12(9-20-7-2-1-3-13(20)22)16-5-6-17-14-11-4-8-23-15(11)19-10-18-14/h1-4,7-8,10H,5-6,9H2,(H,16,21)(H,17,18,19). The number of carbonyl (C=O) groups excluding carboxylic acids is 1. The lowest BCUT2D eigenvalue weighted by atomic mass is 10.4. The first-order chi connectivity index (χ1) is 11.2. The molecule has 118 valence electrons. The van der Waals surface area contributed by atoms with Crippen LogP contribution in [0.15, 0.2) is 47.0 Å². The van der Waals surface area contributed by atoms with Crippen molar-refractivity contribution < 1.29 is 4.79 Å². The summed E-state index contributed by atoms with van der Waals surface area (Å²) in [6, 6.07) is 6.75. The molecule has 3 aromatic rings. The quantitative estimate of drug-likeness (QED) is 0.661. The van der Waals surface area contributed by atoms with Crippen LogP contribution in [0, 0.1) is 0 Å². The molecule has 0 aromatic carbocycles. The fraction of sp³-hybridized carbons (Fsp3) is 0.200. The molecule has 0 bridgehead atoms. The van der Waals surface area contributed by atoms with Gasteiger partial charge in [-0.1, -0.05) is 6.07 Å². The third kappa shape index (κ3) is 3.72. The summed E-state index contributed by atoms with van der Waals surface area (Å²) >= 11 is 1.55. The normalized spacial score (nSPS) is 10.6. The molecule has 8 heteroatoms. The summed E-state index contributed by atoms with van der Waals surface area (Å²) in [6.45, 7) is 0.995. The number of nitrogens with zero attached hydrogens (tertiary/aromatic N) is 3. The highest BCUT2D eigenvalue weighted by Gasteiger charge is 2.05. The maximum Gasteiger partial charge on any atom is 0.250 e. The van der Waals surface area contributed by atoms with E-state index in [9.17, 15) is 9.59 Å². The summed E-state index contributed by atoms with van der Waals surface area (Å²) in [6.07, 6.45) is 3.11. The van der Waals surface area contributed by atoms with E-state index < -0.39 is 0 Å². The highest BCUT2D eigenvalue weighted by atomic mass is 32.1. The molecule has 1 amide bonds. The number of aromatic nitrogens is 3. The molecule has 3 rings (SSSR count). The van der Waals surface area contributed by atoms with Crippen LogP contribution in [-0.4, -0.2) is 33.5 Å². The molecule has 0 saturated carbocycles. The predicted molar refractivity (Wildman–Crippen MR) is 89.6 cm³/mol. The molecule has 0 spiro atoms. The molecular formula is C15H15N5O2S. The molecule has 0 aliphatic rings. The van der Waals surface area contributed by atoms with Crippen molar-refractivity contribution in [3.05, 3.63) is 52.5 Å². The molecule has 0 saturated heterocycles. The third-order valence-corrected chi connectivity index (χ3v) is 4.04. The number of nitrogens with one attached hydrogen (secondary N) is 2. The van der Waals surface area contributed by atoms with E-state index in [-0.39, 0.29) is 18.0 Å². The van der Waals surface area contributed by atoms with Crippen LogP contribution >= 0.6 is 11.3 Å². The zero-order valence-corrected chi connectivity index (χ0v) is 13.0. The zero-order valence-electron chi connectivity index (χ0n) is 12.2. The van der Waals surface area contributed by atoms with Gasteiger partial charge in [-0.05, 0) is 17.5 Å². The summed E-state index contributed by atoms with van der Waals surface area (Å²) < 4.78 is 1.36. The molecule has 3 heterocycles. The van der Waals surface area contributed by atoms with Gasteiger partial charge in [-0.3, -0.25) is 9.59 Å². The van der Waals surface area contributed by atoms with Crippen LogP contribution in [0.25, 0.3) is 10.2 Å². The van der Waals surface area contributed by atoms with Gasteiger partial charge in [-0.2, -0.15) is 0 Å². The third-order valence-electron chi connectivity index (χ3n) is 3.21. The highest BCUT2D eigenvalue weighted by Crippen LogP contribution is 2.23. The molecule has 3 aromatic heterocycles. The number of hydrogen-bond donors (Lipinski definition) is 2. The van der Waals surface area contributed by atoms with E-state index in [1.165, 1.54) is 17.0 Å². The van der Waals surface area contributed by atoms with Crippen molar-refractivity contribution in [3.63, 3.8) is 0 Å². The summed E-state index contributed by atoms with van der Waals surface area (Å²) in [4.78, 5) is 32.7. The van der Waals surface area contributed by atoms with E-state index >= 15 is 0 Å². The van der Waals surface area contributed by atoms with E-state index in [0.717, 1.165) is 16.0 Å². The number of rotatable bonds is 6. The Morgan fingerprint density at radius 2 is 2.13 bits per heavy atom. The number of amides is 1. The summed E-state index contributed by atoms with van der Waals surface area (Å²) in [5.41, 5.74) is -0.193. The van der Waals surface area contributed by atoms with Crippen LogP contribution in [0.1, 0.15) is 0 Å². The van der Waals surface area contributed by atoms with Gasteiger partial charge < -0.3 is 15.2 Å². The van der Waals surface area contributed by atoms with Crippen LogP contribution in [-0.2, 0) is 11.3 Å². The Kier molecular flexibility index (Phi) is 4.62. The van der Waals surface area contributed by atoms with Gasteiger partial charge in [0.1, 0.15) is 23.5 Å². The van der Waals surface area contributed by atoms with E-state index in [4.69, 9.17) is 0 Å². The largest absolute Gasteiger partial charge is 0.368 e. The van der Waals surface area contributed by atoms with Crippen LogP contribution < -0.4 is 16.2 Å². The zero-order chi connectivity index (χ0) is 16.1. The average Bonchev–Trinajstić information content (AvgIpc) is 3.03. The van der Waals surface area contributed by atoms with Crippen molar-refractivity contribution in [3.8, 4) is 0 Å². The SMILES string of the molecule is O=C(Cn1ccccc1=O)NCCNc1ncnc2sccc12. The Morgan fingerprint density at radius 1 is 1.22 bits per heavy atom. The first kappa shape index (κ1) is 15.2. The van der Waals surface area contributed by atoms with Crippen molar-refractivity contribution in [1.82, 2.24) is 19.9 Å². The van der Waals surface area contributed by atoms with Gasteiger partial charge in [0.15, 0.2) is 0 Å². The van der Waals surface area contributed by atoms with Gasteiger partial charge in [0, 0.05) is 25.4 Å². The minimum Gasteiger partial charge on any atom is -0.368 e. The van der Waals surface area contributed by atoms with Crippen molar-refractivity contribution in [2.75, 3.05) is 18.4 Å². The maximum absolute atomic E-state index is 11.8. The number of anilines is 1. The molecule has 23 heavy (non-hydrogen) atoms. The first-order valence-corrected chi connectivity index (χ1v) is 7.96. The summed E-state index contributed by atoms with van der Waals surface area (Å²) in [5.74, 6) is 0.549. The Balaban J connectivity index is 1.48. The fourth-order valence-electron chi connectivity index (χ4n) is 2.12. The molecule has 0 radical (unpaired) electrons. The Bertz CT molecular complexity index is 873. The number of carbonyl (C=O) groups is 1. The molecule has 0 atom stereocenters. The lowest BCUT2D eigenvalue weighted by molar-refractivity contribution is -0.121. The van der Waals surface area contributed by atoms with Crippen LogP contribution in [0.2, 0.25) is 0 Å². The minimum atomic E-state index is -0.205. The number of pyridine rings is 1. The van der Waals surface area contributed by atoms with Crippen molar-refractivity contribution in [2.45, 2.75) is 6.54 Å². The Labute approximate surface area is 136 Å². The number of hydrogen-bond acceptors (Lipinski definition) is 6. The second kappa shape index (κ2) is 7.01. The maximum atomic E-state index is 11.8. The van der Waals surface area contributed by atoms with Crippen LogP contribution in [0.3, 0.4) is 0 Å². The van der Waals surface area contributed by atoms with Gasteiger partial charge in [0.25, 0.3) is 5.56 Å². The second-order valence-corrected chi connectivity index (χ2v) is 5.70. The Morgan fingerprint density at radius 3 is 3.00 bits per heavy atom. The topological polar surface area (TPSA) is 88.9 Å². The van der Waals surface area contributed by atoms with Crippen LogP contribution in [0.4, 0.5) is 5.82 Å². The van der Waals surface area contributed by atoms with E-state index in [1.807, 2.05) is 11.4 Å². The average molecular weight is 329 g/mol. The monoisotopic (exact) mass is 329 g/mol. The number of fused-ring (bicyclic) bond motifs is 1. The lowest BCUT2D eigenvalue weighted by Gasteiger charge is -2.09. The smallest absolute Gasteiger partial charge is 0.250 e. The number of thiophene rings is 1. The van der Waals surface area contributed by atoms with Crippen molar-refractivity contribution in [2.24, 2.45) is 0 Å². The van der Waals surface area contributed by atoms with E-state index in [2.05, 4.69) is 20.6 Å². The lowest BCUT2D eigenvalue weighted by Crippen LogP contribution is -2.34. The van der Waals surface area contributed by atoms with E-state index in [1.54, 1.807) is 29.7 Å². The van der Waals surface area contributed by atoms with Gasteiger partial charge in [0.2, 0.25) is 5.91 Å². The molecular weight excluding hydrogens is 314 g/mol.